The molecule has 4 nitrogen and oxygen atoms in total. The van der Waals surface area contributed by atoms with Crippen LogP contribution in [0.1, 0.15) is 20.3 Å². The molecule has 1 atom stereocenters. The standard InChI is InChI=1S/C13H18N2O2/c1-13(2)11(14)8-12(16)15(13)9-6-4-5-7-10(9)17-3/h4-7,11H,8,14H2,1-3H3. The predicted octanol–water partition coefficient (Wildman–Crippen LogP) is 1.54. The van der Waals surface area contributed by atoms with Gasteiger partial charge < -0.3 is 15.4 Å². The molecule has 1 heterocycles. The molecule has 0 aromatic heterocycles. The lowest BCUT2D eigenvalue weighted by molar-refractivity contribution is -0.117. The van der Waals surface area contributed by atoms with Crippen LogP contribution in [0.25, 0.3) is 0 Å². The summed E-state index contributed by atoms with van der Waals surface area (Å²) >= 11 is 0. The van der Waals surface area contributed by atoms with E-state index in [2.05, 4.69) is 0 Å². The second-order valence-electron chi connectivity index (χ2n) is 4.87. The van der Waals surface area contributed by atoms with E-state index in [1.54, 1.807) is 12.0 Å². The van der Waals surface area contributed by atoms with Crippen LogP contribution in [0.2, 0.25) is 0 Å². The van der Waals surface area contributed by atoms with E-state index in [4.69, 9.17) is 10.5 Å². The average Bonchev–Trinajstić information content (AvgIpc) is 2.48. The van der Waals surface area contributed by atoms with E-state index in [9.17, 15) is 4.79 Å². The Kier molecular flexibility index (Phi) is 2.83. The average molecular weight is 234 g/mol. The minimum Gasteiger partial charge on any atom is -0.495 e. The third-order valence-corrected chi connectivity index (χ3v) is 3.45. The fraction of sp³-hybridized carbons (Fsp3) is 0.462. The maximum absolute atomic E-state index is 12.1. The number of hydrogen-bond acceptors (Lipinski definition) is 3. The topological polar surface area (TPSA) is 55.6 Å². The monoisotopic (exact) mass is 234 g/mol. The van der Waals surface area contributed by atoms with Crippen LogP contribution in [-0.2, 0) is 4.79 Å². The van der Waals surface area contributed by atoms with Gasteiger partial charge in [-0.3, -0.25) is 4.79 Å². The number of nitrogens with zero attached hydrogens (tertiary/aromatic N) is 1. The van der Waals surface area contributed by atoms with E-state index in [1.165, 1.54) is 0 Å². The Labute approximate surface area is 101 Å². The number of amides is 1. The predicted molar refractivity (Wildman–Crippen MR) is 67.2 cm³/mol. The third-order valence-electron chi connectivity index (χ3n) is 3.45. The van der Waals surface area contributed by atoms with Crippen LogP contribution in [0.4, 0.5) is 5.69 Å². The maximum atomic E-state index is 12.1. The number of methoxy groups -OCH3 is 1. The summed E-state index contributed by atoms with van der Waals surface area (Å²) in [5.41, 5.74) is 6.43. The van der Waals surface area contributed by atoms with Crippen LogP contribution in [0.3, 0.4) is 0 Å². The molecule has 1 fully saturated rings. The minimum absolute atomic E-state index is 0.0481. The molecular weight excluding hydrogens is 216 g/mol. The van der Waals surface area contributed by atoms with Crippen LogP contribution in [0, 0.1) is 0 Å². The van der Waals surface area contributed by atoms with E-state index >= 15 is 0 Å². The highest BCUT2D eigenvalue weighted by Gasteiger charge is 2.45. The van der Waals surface area contributed by atoms with Crippen LogP contribution in [0.15, 0.2) is 24.3 Å². The molecule has 92 valence electrons. The zero-order chi connectivity index (χ0) is 12.6. The number of ether oxygens (including phenoxy) is 1. The molecule has 2 N–H and O–H groups in total. The second-order valence-corrected chi connectivity index (χ2v) is 4.87. The first-order valence-corrected chi connectivity index (χ1v) is 5.70. The van der Waals surface area contributed by atoms with Crippen molar-refractivity contribution in [1.29, 1.82) is 0 Å². The maximum Gasteiger partial charge on any atom is 0.229 e. The van der Waals surface area contributed by atoms with Crippen molar-refractivity contribution in [2.24, 2.45) is 5.73 Å². The second kappa shape index (κ2) is 4.04. The minimum atomic E-state index is -0.383. The van der Waals surface area contributed by atoms with Crippen molar-refractivity contribution in [3.05, 3.63) is 24.3 Å². The molecular formula is C13H18N2O2. The van der Waals surface area contributed by atoms with Gasteiger partial charge in [0, 0.05) is 12.5 Å². The van der Waals surface area contributed by atoms with E-state index in [0.29, 0.717) is 12.2 Å². The summed E-state index contributed by atoms with van der Waals surface area (Å²) in [5, 5.41) is 0. The number of para-hydroxylation sites is 2. The van der Waals surface area contributed by atoms with Gasteiger partial charge in [-0.25, -0.2) is 0 Å². The molecule has 17 heavy (non-hydrogen) atoms. The number of rotatable bonds is 2. The molecule has 2 rings (SSSR count). The molecule has 0 aliphatic carbocycles. The van der Waals surface area contributed by atoms with Gasteiger partial charge in [0.25, 0.3) is 0 Å². The van der Waals surface area contributed by atoms with Gasteiger partial charge in [-0.05, 0) is 26.0 Å². The number of nitrogens with two attached hydrogens (primary N) is 1. The summed E-state index contributed by atoms with van der Waals surface area (Å²) < 4.78 is 5.30. The SMILES string of the molecule is COc1ccccc1N1C(=O)CC(N)C1(C)C. The van der Waals surface area contributed by atoms with Crippen LogP contribution < -0.4 is 15.4 Å². The van der Waals surface area contributed by atoms with Crippen molar-refractivity contribution in [3.63, 3.8) is 0 Å². The van der Waals surface area contributed by atoms with Crippen molar-refractivity contribution in [2.45, 2.75) is 31.8 Å². The first-order valence-electron chi connectivity index (χ1n) is 5.70. The van der Waals surface area contributed by atoms with Crippen molar-refractivity contribution in [1.82, 2.24) is 0 Å². The van der Waals surface area contributed by atoms with Crippen molar-refractivity contribution < 1.29 is 9.53 Å². The van der Waals surface area contributed by atoms with Gasteiger partial charge in [0.2, 0.25) is 5.91 Å². The molecule has 1 aromatic rings. The molecule has 0 radical (unpaired) electrons. The van der Waals surface area contributed by atoms with Gasteiger partial charge >= 0.3 is 0 Å². The Balaban J connectivity index is 2.49. The van der Waals surface area contributed by atoms with Crippen LogP contribution in [0.5, 0.6) is 5.75 Å². The highest BCUT2D eigenvalue weighted by Crippen LogP contribution is 2.38. The van der Waals surface area contributed by atoms with Gasteiger partial charge in [0.15, 0.2) is 0 Å². The molecule has 0 bridgehead atoms. The summed E-state index contributed by atoms with van der Waals surface area (Å²) in [7, 11) is 1.60. The van der Waals surface area contributed by atoms with Crippen LogP contribution >= 0.6 is 0 Å². The third kappa shape index (κ3) is 1.78. The Morgan fingerprint density at radius 1 is 1.41 bits per heavy atom. The molecule has 1 aliphatic heterocycles. The molecule has 0 saturated carbocycles. The van der Waals surface area contributed by atoms with Gasteiger partial charge in [-0.1, -0.05) is 12.1 Å². The summed E-state index contributed by atoms with van der Waals surface area (Å²) in [6.45, 7) is 3.96. The largest absolute Gasteiger partial charge is 0.495 e. The van der Waals surface area contributed by atoms with E-state index in [0.717, 1.165) is 5.69 Å². The lowest BCUT2D eigenvalue weighted by Crippen LogP contribution is -2.49. The lowest BCUT2D eigenvalue weighted by atomic mass is 9.96. The number of benzene rings is 1. The summed E-state index contributed by atoms with van der Waals surface area (Å²) in [5.74, 6) is 0.745. The van der Waals surface area contributed by atoms with Crippen LogP contribution in [-0.4, -0.2) is 24.6 Å². The summed E-state index contributed by atoms with van der Waals surface area (Å²) in [6, 6.07) is 7.36. The molecule has 0 spiro atoms. The normalized spacial score (nSPS) is 22.9. The highest BCUT2D eigenvalue weighted by atomic mass is 16.5. The Bertz CT molecular complexity index is 443. The summed E-state index contributed by atoms with van der Waals surface area (Å²) in [6.07, 6.45) is 0.380. The van der Waals surface area contributed by atoms with E-state index < -0.39 is 0 Å². The number of anilines is 1. The van der Waals surface area contributed by atoms with E-state index in [-0.39, 0.29) is 17.5 Å². The van der Waals surface area contributed by atoms with E-state index in [1.807, 2.05) is 38.1 Å². The molecule has 1 unspecified atom stereocenters. The Morgan fingerprint density at radius 3 is 2.59 bits per heavy atom. The number of carbonyl (C=O) groups is 1. The molecule has 1 aliphatic rings. The van der Waals surface area contributed by atoms with Crippen molar-refractivity contribution in [3.8, 4) is 5.75 Å². The summed E-state index contributed by atoms with van der Waals surface area (Å²) in [4.78, 5) is 13.8. The van der Waals surface area contributed by atoms with Crippen molar-refractivity contribution >= 4 is 11.6 Å². The number of hydrogen-bond donors (Lipinski definition) is 1. The fourth-order valence-corrected chi connectivity index (χ4v) is 2.28. The Morgan fingerprint density at radius 2 is 2.06 bits per heavy atom. The molecule has 4 heteroatoms. The fourth-order valence-electron chi connectivity index (χ4n) is 2.28. The first kappa shape index (κ1) is 11.9. The zero-order valence-electron chi connectivity index (χ0n) is 10.4. The molecule has 1 amide bonds. The van der Waals surface area contributed by atoms with Crippen molar-refractivity contribution in [2.75, 3.05) is 12.0 Å². The smallest absolute Gasteiger partial charge is 0.229 e. The lowest BCUT2D eigenvalue weighted by Gasteiger charge is -2.35. The first-order chi connectivity index (χ1) is 7.98. The van der Waals surface area contributed by atoms with Gasteiger partial charge in [-0.15, -0.1) is 0 Å². The molecule has 1 saturated heterocycles. The van der Waals surface area contributed by atoms with Gasteiger partial charge in [-0.2, -0.15) is 0 Å². The molecule has 1 aromatic carbocycles. The quantitative estimate of drug-likeness (QED) is 0.844. The van der Waals surface area contributed by atoms with Gasteiger partial charge in [0.05, 0.1) is 18.3 Å². The highest BCUT2D eigenvalue weighted by molar-refractivity contribution is 5.99. The zero-order valence-corrected chi connectivity index (χ0v) is 10.4. The Hall–Kier alpha value is -1.55. The van der Waals surface area contributed by atoms with Gasteiger partial charge in [0.1, 0.15) is 5.75 Å². The number of carbonyl (C=O) groups excluding carboxylic acids is 1.